The van der Waals surface area contributed by atoms with Crippen LogP contribution in [0.3, 0.4) is 0 Å². The van der Waals surface area contributed by atoms with Crippen molar-refractivity contribution in [2.75, 3.05) is 0 Å². The second-order valence-electron chi connectivity index (χ2n) is 0.774. The first-order chi connectivity index (χ1) is 4.52. The normalized spacial score (nSPS) is 14.1. The van der Waals surface area contributed by atoms with Crippen LogP contribution in [-0.2, 0) is 41.3 Å². The molecule has 0 saturated heterocycles. The zero-order chi connectivity index (χ0) is 8.15. The number of hydrogen-bond donors (Lipinski definition) is 2. The van der Waals surface area contributed by atoms with Gasteiger partial charge in [0, 0.05) is 0 Å². The molecule has 0 aromatic rings. The molecular weight excluding hydrogens is 302 g/mol. The summed E-state index contributed by atoms with van der Waals surface area (Å²) in [5.74, 6) is 0. The summed E-state index contributed by atoms with van der Waals surface area (Å²) >= 11 is -8.25. The minimum atomic E-state index is -2.78. The molecule has 14 heavy (non-hydrogen) atoms. The predicted molar refractivity (Wildman–Crippen MR) is 63.2 cm³/mol. The monoisotopic (exact) mass is 310 g/mol. The van der Waals surface area contributed by atoms with Crippen molar-refractivity contribution < 1.29 is 29.0 Å². The Bertz CT molecular complexity index is 168. The van der Waals surface area contributed by atoms with E-state index in [0.29, 0.717) is 0 Å². The van der Waals surface area contributed by atoms with E-state index in [1.807, 2.05) is 0 Å². The van der Waals surface area contributed by atoms with Crippen LogP contribution in [0.5, 0.6) is 0 Å². The van der Waals surface area contributed by atoms with Gasteiger partial charge < -0.3 is 0 Å². The first-order valence-electron chi connectivity index (χ1n) is 1.53. The molecule has 0 fully saturated rings. The second kappa shape index (κ2) is 19.3. The van der Waals surface area contributed by atoms with Gasteiger partial charge in [-0.2, -0.15) is 12.6 Å². The van der Waals surface area contributed by atoms with Crippen molar-refractivity contribution in [1.82, 2.24) is 0 Å². The first-order valence-corrected chi connectivity index (χ1v) is 4.60. The molecule has 0 heterocycles. The molecule has 0 aliphatic heterocycles. The van der Waals surface area contributed by atoms with Crippen LogP contribution < -0.4 is 0 Å². The molecule has 14 heteroatoms. The van der Waals surface area contributed by atoms with Crippen molar-refractivity contribution in [2.24, 2.45) is 0 Å². The van der Waals surface area contributed by atoms with Gasteiger partial charge in [-0.1, -0.05) is 0 Å². The van der Waals surface area contributed by atoms with Crippen LogP contribution >= 0.6 is 0 Å². The molecule has 2 unspecified atom stereocenters. The molecule has 2 atom stereocenters. The Hall–Kier alpha value is 4.00. The molecule has 0 radical (unpaired) electrons. The third kappa shape index (κ3) is 25.0. The maximum absolute atomic E-state index is 10.0. The van der Waals surface area contributed by atoms with Gasteiger partial charge in [0.05, 0.1) is 0 Å². The summed E-state index contributed by atoms with van der Waals surface area (Å²) in [5.41, 5.74) is 0. The van der Waals surface area contributed by atoms with Gasteiger partial charge in [-0.3, -0.25) is 9.11 Å². The van der Waals surface area contributed by atoms with E-state index in [2.05, 4.69) is 7.26 Å². The van der Waals surface area contributed by atoms with Gasteiger partial charge in [0.25, 0.3) is 0 Å². The van der Waals surface area contributed by atoms with Gasteiger partial charge >= 0.3 is 147 Å². The van der Waals surface area contributed by atoms with E-state index in [-0.39, 0.29) is 113 Å². The maximum atomic E-state index is 10.0. The second-order valence-corrected chi connectivity index (χ2v) is 3.14. The van der Waals surface area contributed by atoms with Gasteiger partial charge in [-0.05, 0) is 0 Å². The van der Waals surface area contributed by atoms with Crippen LogP contribution in [0, 0.1) is 0 Å². The molecule has 0 aliphatic carbocycles. The van der Waals surface area contributed by atoms with E-state index < -0.39 is 34.1 Å². The van der Waals surface area contributed by atoms with Crippen LogP contribution in [0.25, 0.3) is 0 Å². The van der Waals surface area contributed by atoms with Crippen molar-refractivity contribution in [1.29, 1.82) is 0 Å². The van der Waals surface area contributed by atoms with E-state index in [4.69, 9.17) is 9.11 Å². The fraction of sp³-hybridized carbons (Fsp3) is 0. The zero-order valence-electron chi connectivity index (χ0n) is 4.16. The molecule has 2 N–H and O–H groups in total. The Morgan fingerprint density at radius 3 is 1.14 bits per heavy atom. The van der Waals surface area contributed by atoms with Gasteiger partial charge in [0.2, 0.25) is 0 Å². The molecule has 0 aliphatic rings. The third-order valence-corrected chi connectivity index (χ3v) is 2.05. The summed E-state index contributed by atoms with van der Waals surface area (Å²) in [6.07, 6.45) is 0. The van der Waals surface area contributed by atoms with Crippen molar-refractivity contribution in [3.8, 4) is 0 Å². The Kier molecular flexibility index (Phi) is 42.5. The van der Waals surface area contributed by atoms with E-state index in [1.165, 1.54) is 0 Å². The fourth-order valence-electron chi connectivity index (χ4n) is 0.106. The Labute approximate surface area is 172 Å². The molecule has 74 valence electrons. The average molecular weight is 310 g/mol. The Morgan fingerprint density at radius 2 is 1.00 bits per heavy atom. The van der Waals surface area contributed by atoms with Crippen molar-refractivity contribution in [2.45, 2.75) is 0 Å². The van der Waals surface area contributed by atoms with E-state index in [1.54, 1.807) is 0 Å². The average Bonchev–Trinajstić information content (AvgIpc) is 1.58. The van der Waals surface area contributed by atoms with E-state index >= 15 is 0 Å². The number of hydrogen-bond acceptors (Lipinski definition) is 5. The molecule has 0 rings (SSSR count). The van der Waals surface area contributed by atoms with Crippen LogP contribution in [0.2, 0.25) is 0 Å². The number of rotatable bonds is 4. The quantitative estimate of drug-likeness (QED) is 0.400. The zero-order valence-corrected chi connectivity index (χ0v) is 6.61. The summed E-state index contributed by atoms with van der Waals surface area (Å²) in [6.45, 7) is 0. The molecule has 0 bridgehead atoms. The summed E-state index contributed by atoms with van der Waals surface area (Å²) < 4.78 is 51.9. The van der Waals surface area contributed by atoms with E-state index in [9.17, 15) is 12.6 Å². The van der Waals surface area contributed by atoms with Crippen LogP contribution in [0.1, 0.15) is 0 Å². The first kappa shape index (κ1) is 30.8. The standard InChI is InChI=1S/2Ca.2Li.H2O7S3.6H/c;;;;1-8(2)6-10(5)7-9(3)4;;;;;;/h;;;;(H,1,2)(H,3,4);;;;;;. The van der Waals surface area contributed by atoms with Crippen LogP contribution in [0.4, 0.5) is 0 Å². The van der Waals surface area contributed by atoms with Gasteiger partial charge in [0.1, 0.15) is 0 Å². The van der Waals surface area contributed by atoms with Gasteiger partial charge in [-0.15, -0.1) is 7.26 Å². The summed E-state index contributed by atoms with van der Waals surface area (Å²) in [6, 6.07) is 0. The molecule has 7 nitrogen and oxygen atoms in total. The van der Waals surface area contributed by atoms with E-state index in [0.717, 1.165) is 0 Å². The summed E-state index contributed by atoms with van der Waals surface area (Å²) in [5, 5.41) is 0. The minimum absolute atomic E-state index is 0. The van der Waals surface area contributed by atoms with Crippen molar-refractivity contribution in [3.05, 3.63) is 0 Å². The molecule has 0 saturated carbocycles. The van der Waals surface area contributed by atoms with Gasteiger partial charge in [0.15, 0.2) is 0 Å². The molecular formula is H8Ca2Li2O7S3. The third-order valence-electron chi connectivity index (χ3n) is 0.228. The summed E-state index contributed by atoms with van der Waals surface area (Å²) in [4.78, 5) is 0. The molecule has 0 aromatic heterocycles. The van der Waals surface area contributed by atoms with Crippen LogP contribution in [0.15, 0.2) is 0 Å². The van der Waals surface area contributed by atoms with Crippen molar-refractivity contribution >= 4 is 147 Å². The topological polar surface area (TPSA) is 110 Å². The van der Waals surface area contributed by atoms with Crippen molar-refractivity contribution in [3.63, 3.8) is 0 Å². The SMILES string of the molecule is O=S(O)OS(=O)OS(=O)O.[CaH2].[CaH2].[LiH].[LiH]. The predicted octanol–water partition coefficient (Wildman–Crippen LogP) is -4.26. The Morgan fingerprint density at radius 1 is 0.786 bits per heavy atom. The molecule has 0 amide bonds. The Balaban J connectivity index is -0.0000000675. The van der Waals surface area contributed by atoms with Gasteiger partial charge in [-0.25, -0.2) is 0 Å². The fourth-order valence-corrected chi connectivity index (χ4v) is 1.16. The van der Waals surface area contributed by atoms with Crippen LogP contribution in [-0.4, -0.2) is 135 Å². The summed E-state index contributed by atoms with van der Waals surface area (Å²) in [7, 11) is 0. The molecule has 0 aromatic carbocycles. The molecule has 0 spiro atoms.